The van der Waals surface area contributed by atoms with E-state index in [0.717, 1.165) is 42.5 Å². The van der Waals surface area contributed by atoms with Gasteiger partial charge in [0.05, 0.1) is 36.0 Å². The number of quaternary nitrogens is 1. The van der Waals surface area contributed by atoms with E-state index < -0.39 is 14.8 Å². The Morgan fingerprint density at radius 2 is 1.85 bits per heavy atom. The predicted molar refractivity (Wildman–Crippen MR) is 104 cm³/mol. The average molecular weight is 411 g/mol. The summed E-state index contributed by atoms with van der Waals surface area (Å²) in [5, 5.41) is 12.2. The molecule has 144 valence electrons. The summed E-state index contributed by atoms with van der Waals surface area (Å²) < 4.78 is 23.4. The summed E-state index contributed by atoms with van der Waals surface area (Å²) in [5.74, 6) is 0. The second-order valence-corrected chi connectivity index (χ2v) is 9.11. The van der Waals surface area contributed by atoms with E-state index in [-0.39, 0.29) is 10.6 Å². The highest BCUT2D eigenvalue weighted by atomic mass is 35.5. The van der Waals surface area contributed by atoms with Gasteiger partial charge < -0.3 is 9.80 Å². The second kappa shape index (κ2) is 7.84. The Labute approximate surface area is 163 Å². The maximum absolute atomic E-state index is 11.7. The number of nitrogens with zero attached hydrogens (tertiary/aromatic N) is 2. The van der Waals surface area contributed by atoms with Crippen molar-refractivity contribution in [3.63, 3.8) is 0 Å². The van der Waals surface area contributed by atoms with Crippen LogP contribution in [-0.2, 0) is 16.4 Å². The number of hydrogen-bond acceptors (Lipinski definition) is 5. The molecule has 0 amide bonds. The van der Waals surface area contributed by atoms with Crippen molar-refractivity contribution in [1.82, 2.24) is 0 Å². The topological polar surface area (TPSA) is 85.0 Å². The van der Waals surface area contributed by atoms with Crippen LogP contribution in [-0.4, -0.2) is 45.8 Å². The van der Waals surface area contributed by atoms with Gasteiger partial charge in [0.15, 0.2) is 9.84 Å². The highest BCUT2D eigenvalue weighted by Gasteiger charge is 2.27. The predicted octanol–water partition coefficient (Wildman–Crippen LogP) is 1.56. The van der Waals surface area contributed by atoms with Crippen LogP contribution in [0, 0.1) is 10.1 Å². The normalized spacial score (nSPS) is 15.7. The van der Waals surface area contributed by atoms with Gasteiger partial charge in [-0.2, -0.15) is 0 Å². The highest BCUT2D eigenvalue weighted by Crippen LogP contribution is 2.30. The van der Waals surface area contributed by atoms with Gasteiger partial charge in [-0.3, -0.25) is 10.1 Å². The summed E-state index contributed by atoms with van der Waals surface area (Å²) in [6.07, 6.45) is 1.04. The molecule has 0 bridgehead atoms. The third-order valence-electron chi connectivity index (χ3n) is 4.78. The molecule has 0 aliphatic carbocycles. The van der Waals surface area contributed by atoms with E-state index in [1.165, 1.54) is 17.0 Å². The molecule has 2 aromatic rings. The van der Waals surface area contributed by atoms with Crippen LogP contribution >= 0.6 is 11.6 Å². The molecule has 1 saturated heterocycles. The van der Waals surface area contributed by atoms with E-state index in [1.54, 1.807) is 0 Å². The molecular formula is C18H21ClN3O4S+. The van der Waals surface area contributed by atoms with Crippen molar-refractivity contribution in [3.05, 3.63) is 63.2 Å². The number of hydrogen-bond donors (Lipinski definition) is 1. The molecule has 1 aliphatic rings. The van der Waals surface area contributed by atoms with Gasteiger partial charge in [0.2, 0.25) is 0 Å². The Morgan fingerprint density at radius 1 is 1.19 bits per heavy atom. The zero-order chi connectivity index (χ0) is 19.6. The number of nitro benzene ring substituents is 1. The van der Waals surface area contributed by atoms with Gasteiger partial charge in [0.25, 0.3) is 5.69 Å². The van der Waals surface area contributed by atoms with Gasteiger partial charge in [0, 0.05) is 22.9 Å². The number of benzene rings is 2. The SMILES string of the molecule is CS(=O)(=O)c1ccc(N2CC[NH+](Cc3ccccc3Cl)CC2)c([N+](=O)[O-])c1. The molecule has 0 saturated carbocycles. The Hall–Kier alpha value is -2.16. The van der Waals surface area contributed by atoms with Crippen LogP contribution in [0.3, 0.4) is 0 Å². The van der Waals surface area contributed by atoms with E-state index in [9.17, 15) is 18.5 Å². The molecule has 9 heteroatoms. The number of anilines is 1. The van der Waals surface area contributed by atoms with E-state index in [0.29, 0.717) is 18.8 Å². The Kier molecular flexibility index (Phi) is 5.69. The van der Waals surface area contributed by atoms with Crippen LogP contribution in [0.15, 0.2) is 47.4 Å². The molecule has 27 heavy (non-hydrogen) atoms. The minimum Gasteiger partial charge on any atom is -0.355 e. The zero-order valence-electron chi connectivity index (χ0n) is 14.9. The lowest BCUT2D eigenvalue weighted by atomic mass is 10.1. The number of nitrogens with one attached hydrogen (secondary N) is 1. The third kappa shape index (κ3) is 4.58. The molecule has 1 fully saturated rings. The first-order valence-electron chi connectivity index (χ1n) is 8.56. The molecule has 1 aliphatic heterocycles. The fraction of sp³-hybridized carbons (Fsp3) is 0.333. The van der Waals surface area contributed by atoms with E-state index in [4.69, 9.17) is 11.6 Å². The van der Waals surface area contributed by atoms with Crippen LogP contribution in [0.25, 0.3) is 0 Å². The number of rotatable bonds is 5. The summed E-state index contributed by atoms with van der Waals surface area (Å²) in [6, 6.07) is 11.9. The number of sulfone groups is 1. The Balaban J connectivity index is 1.74. The maximum atomic E-state index is 11.7. The van der Waals surface area contributed by atoms with Gasteiger partial charge in [-0.25, -0.2) is 8.42 Å². The molecule has 7 nitrogen and oxygen atoms in total. The molecule has 1 heterocycles. The molecule has 0 aromatic heterocycles. The number of halogens is 1. The summed E-state index contributed by atoms with van der Waals surface area (Å²) in [7, 11) is -3.49. The first-order valence-corrected chi connectivity index (χ1v) is 10.8. The minimum atomic E-state index is -3.49. The second-order valence-electron chi connectivity index (χ2n) is 6.69. The Bertz CT molecular complexity index is 957. The lowest BCUT2D eigenvalue weighted by Gasteiger charge is -2.33. The summed E-state index contributed by atoms with van der Waals surface area (Å²) in [6.45, 7) is 3.74. The van der Waals surface area contributed by atoms with Gasteiger partial charge in [-0.05, 0) is 18.2 Å². The first-order chi connectivity index (χ1) is 12.8. The molecular weight excluding hydrogens is 390 g/mol. The quantitative estimate of drug-likeness (QED) is 0.597. The smallest absolute Gasteiger partial charge is 0.293 e. The molecule has 0 atom stereocenters. The Morgan fingerprint density at radius 3 is 2.44 bits per heavy atom. The lowest BCUT2D eigenvalue weighted by molar-refractivity contribution is -0.914. The van der Waals surface area contributed by atoms with Crippen LogP contribution < -0.4 is 9.80 Å². The van der Waals surface area contributed by atoms with Gasteiger partial charge >= 0.3 is 0 Å². The van der Waals surface area contributed by atoms with Crippen molar-refractivity contribution in [2.45, 2.75) is 11.4 Å². The van der Waals surface area contributed by atoms with Gasteiger partial charge in [-0.1, -0.05) is 29.8 Å². The average Bonchev–Trinajstić information content (AvgIpc) is 2.63. The van der Waals surface area contributed by atoms with Crippen molar-refractivity contribution < 1.29 is 18.2 Å². The highest BCUT2D eigenvalue weighted by molar-refractivity contribution is 7.90. The van der Waals surface area contributed by atoms with Crippen LogP contribution in [0.2, 0.25) is 5.02 Å². The zero-order valence-corrected chi connectivity index (χ0v) is 16.5. The molecule has 2 aromatic carbocycles. The van der Waals surface area contributed by atoms with Gasteiger partial charge in [0.1, 0.15) is 12.2 Å². The molecule has 1 N–H and O–H groups in total. The molecule has 0 unspecified atom stereocenters. The van der Waals surface area contributed by atoms with Crippen molar-refractivity contribution in [2.24, 2.45) is 0 Å². The number of nitro groups is 1. The van der Waals surface area contributed by atoms with E-state index in [1.807, 2.05) is 29.2 Å². The van der Waals surface area contributed by atoms with E-state index >= 15 is 0 Å². The van der Waals surface area contributed by atoms with Crippen molar-refractivity contribution in [3.8, 4) is 0 Å². The van der Waals surface area contributed by atoms with Crippen LogP contribution in [0.1, 0.15) is 5.56 Å². The minimum absolute atomic E-state index is 0.0408. The molecule has 3 rings (SSSR count). The van der Waals surface area contributed by atoms with Gasteiger partial charge in [-0.15, -0.1) is 0 Å². The van der Waals surface area contributed by atoms with Crippen LogP contribution in [0.4, 0.5) is 11.4 Å². The summed E-state index contributed by atoms with van der Waals surface area (Å²) in [5.41, 5.74) is 1.38. The summed E-state index contributed by atoms with van der Waals surface area (Å²) >= 11 is 6.23. The summed E-state index contributed by atoms with van der Waals surface area (Å²) in [4.78, 5) is 14.2. The molecule has 0 radical (unpaired) electrons. The standard InChI is InChI=1S/C18H20ClN3O4S/c1-27(25,26)15-6-7-17(18(12-15)22(23)24)21-10-8-20(9-11-21)13-14-4-2-3-5-16(14)19/h2-7,12H,8-11,13H2,1H3/p+1. The first kappa shape index (κ1) is 19.6. The largest absolute Gasteiger partial charge is 0.355 e. The van der Waals surface area contributed by atoms with E-state index in [2.05, 4.69) is 0 Å². The van der Waals surface area contributed by atoms with Crippen molar-refractivity contribution >= 4 is 32.8 Å². The number of piperazine rings is 1. The van der Waals surface area contributed by atoms with Crippen molar-refractivity contribution in [2.75, 3.05) is 37.3 Å². The van der Waals surface area contributed by atoms with Crippen molar-refractivity contribution in [1.29, 1.82) is 0 Å². The molecule has 0 spiro atoms. The fourth-order valence-electron chi connectivity index (χ4n) is 3.30. The van der Waals surface area contributed by atoms with Crippen LogP contribution in [0.5, 0.6) is 0 Å². The maximum Gasteiger partial charge on any atom is 0.293 e. The third-order valence-corrected chi connectivity index (χ3v) is 6.26. The fourth-order valence-corrected chi connectivity index (χ4v) is 4.14. The monoisotopic (exact) mass is 410 g/mol. The lowest BCUT2D eigenvalue weighted by Crippen LogP contribution is -3.13.